The molecule has 0 aliphatic carbocycles. The van der Waals surface area contributed by atoms with Crippen molar-refractivity contribution in [1.82, 2.24) is 4.98 Å². The van der Waals surface area contributed by atoms with Crippen molar-refractivity contribution in [2.75, 3.05) is 10.6 Å². The Kier molecular flexibility index (Phi) is 4.03. The summed E-state index contributed by atoms with van der Waals surface area (Å²) in [4.78, 5) is 16.3. The Hall–Kier alpha value is -2.36. The van der Waals surface area contributed by atoms with Gasteiger partial charge in [0, 0.05) is 23.6 Å². The lowest BCUT2D eigenvalue weighted by atomic mass is 10.1. The average Bonchev–Trinajstić information content (AvgIpc) is 2.38. The van der Waals surface area contributed by atoms with Crippen LogP contribution >= 0.6 is 0 Å². The fourth-order valence-corrected chi connectivity index (χ4v) is 1.79. The number of hydrogen-bond acceptors (Lipinski definition) is 3. The first kappa shape index (κ1) is 14.1. The molecule has 1 aromatic heterocycles. The number of anilines is 2. The molecular formula is C16H19N3O. The molecule has 0 unspecified atom stereocenters. The first-order chi connectivity index (χ1) is 9.44. The van der Waals surface area contributed by atoms with Crippen molar-refractivity contribution in [2.45, 2.75) is 26.3 Å². The molecule has 0 aliphatic rings. The molecule has 4 nitrogen and oxygen atoms in total. The van der Waals surface area contributed by atoms with Crippen LogP contribution in [-0.2, 0) is 0 Å². The van der Waals surface area contributed by atoms with Gasteiger partial charge in [0.2, 0.25) is 0 Å². The molecule has 0 spiro atoms. The lowest BCUT2D eigenvalue weighted by Gasteiger charge is -2.22. The number of nitrogens with zero attached hydrogens (tertiary/aromatic N) is 1. The molecule has 0 bridgehead atoms. The van der Waals surface area contributed by atoms with Crippen molar-refractivity contribution in [2.24, 2.45) is 0 Å². The number of hydrogen-bond donors (Lipinski definition) is 2. The molecule has 4 heteroatoms. The highest BCUT2D eigenvalue weighted by Crippen LogP contribution is 2.16. The van der Waals surface area contributed by atoms with Crippen LogP contribution in [0.5, 0.6) is 0 Å². The zero-order chi connectivity index (χ0) is 14.6. The smallest absolute Gasteiger partial charge is 0.257 e. The van der Waals surface area contributed by atoms with E-state index >= 15 is 0 Å². The molecule has 0 fully saturated rings. The quantitative estimate of drug-likeness (QED) is 0.896. The van der Waals surface area contributed by atoms with Crippen LogP contribution < -0.4 is 10.6 Å². The summed E-state index contributed by atoms with van der Waals surface area (Å²) in [5.41, 5.74) is 2.06. The van der Waals surface area contributed by atoms with E-state index in [1.807, 2.05) is 30.3 Å². The highest BCUT2D eigenvalue weighted by atomic mass is 16.1. The number of carbonyl (C=O) groups is 1. The summed E-state index contributed by atoms with van der Waals surface area (Å²) in [6, 6.07) is 11.2. The molecular weight excluding hydrogens is 250 g/mol. The molecule has 1 amide bonds. The molecule has 0 atom stereocenters. The Morgan fingerprint density at radius 2 is 1.75 bits per heavy atom. The summed E-state index contributed by atoms with van der Waals surface area (Å²) in [6.45, 7) is 6.18. The monoisotopic (exact) mass is 269 g/mol. The maximum atomic E-state index is 12.2. The number of nitrogens with one attached hydrogen (secondary N) is 2. The first-order valence-corrected chi connectivity index (χ1v) is 6.54. The maximum absolute atomic E-state index is 12.2. The predicted molar refractivity (Wildman–Crippen MR) is 82.0 cm³/mol. The third-order valence-electron chi connectivity index (χ3n) is 2.55. The number of pyridine rings is 1. The number of benzene rings is 1. The second kappa shape index (κ2) is 5.74. The van der Waals surface area contributed by atoms with Gasteiger partial charge in [0.05, 0.1) is 11.3 Å². The summed E-state index contributed by atoms with van der Waals surface area (Å²) in [6.07, 6.45) is 3.27. The summed E-state index contributed by atoms with van der Waals surface area (Å²) in [5, 5.41) is 6.14. The van der Waals surface area contributed by atoms with E-state index in [1.165, 1.54) is 0 Å². The van der Waals surface area contributed by atoms with Gasteiger partial charge < -0.3 is 10.6 Å². The van der Waals surface area contributed by atoms with Crippen LogP contribution in [0.2, 0.25) is 0 Å². The van der Waals surface area contributed by atoms with Crippen molar-refractivity contribution in [3.05, 3.63) is 54.4 Å². The van der Waals surface area contributed by atoms with Crippen molar-refractivity contribution in [3.8, 4) is 0 Å². The van der Waals surface area contributed by atoms with Crippen LogP contribution in [-0.4, -0.2) is 16.4 Å². The number of carbonyl (C=O) groups excluding carboxylic acids is 1. The molecule has 0 aliphatic heterocycles. The van der Waals surface area contributed by atoms with Crippen LogP contribution in [0.15, 0.2) is 48.8 Å². The fraction of sp³-hybridized carbons (Fsp3) is 0.250. The number of aromatic nitrogens is 1. The van der Waals surface area contributed by atoms with Gasteiger partial charge >= 0.3 is 0 Å². The third kappa shape index (κ3) is 4.09. The van der Waals surface area contributed by atoms with E-state index in [0.29, 0.717) is 5.56 Å². The predicted octanol–water partition coefficient (Wildman–Crippen LogP) is 3.54. The normalized spacial score (nSPS) is 10.9. The molecule has 0 saturated carbocycles. The van der Waals surface area contributed by atoms with E-state index in [4.69, 9.17) is 0 Å². The Bertz CT molecular complexity index is 588. The molecule has 0 radical (unpaired) electrons. The second-order valence-corrected chi connectivity index (χ2v) is 5.66. The van der Waals surface area contributed by atoms with Gasteiger partial charge in [-0.15, -0.1) is 0 Å². The van der Waals surface area contributed by atoms with Crippen LogP contribution in [0.25, 0.3) is 0 Å². The molecule has 2 rings (SSSR count). The van der Waals surface area contributed by atoms with E-state index in [-0.39, 0.29) is 11.4 Å². The Morgan fingerprint density at radius 1 is 1.05 bits per heavy atom. The van der Waals surface area contributed by atoms with Crippen LogP contribution in [0.3, 0.4) is 0 Å². The minimum absolute atomic E-state index is 0.0732. The number of para-hydroxylation sites is 1. The Labute approximate surface area is 119 Å². The summed E-state index contributed by atoms with van der Waals surface area (Å²) in [7, 11) is 0. The van der Waals surface area contributed by atoms with E-state index in [2.05, 4.69) is 36.4 Å². The van der Waals surface area contributed by atoms with Gasteiger partial charge in [-0.2, -0.15) is 0 Å². The lowest BCUT2D eigenvalue weighted by molar-refractivity contribution is 0.102. The van der Waals surface area contributed by atoms with Crippen molar-refractivity contribution >= 4 is 17.3 Å². The van der Waals surface area contributed by atoms with Crippen LogP contribution in [0.4, 0.5) is 11.4 Å². The van der Waals surface area contributed by atoms with E-state index in [0.717, 1.165) is 11.4 Å². The number of amides is 1. The van der Waals surface area contributed by atoms with Gasteiger partial charge in [-0.3, -0.25) is 9.78 Å². The molecule has 1 heterocycles. The minimum Gasteiger partial charge on any atom is -0.379 e. The maximum Gasteiger partial charge on any atom is 0.257 e. The van der Waals surface area contributed by atoms with Gasteiger partial charge in [0.1, 0.15) is 0 Å². The van der Waals surface area contributed by atoms with E-state index < -0.39 is 0 Å². The Balaban J connectivity index is 2.12. The van der Waals surface area contributed by atoms with Crippen molar-refractivity contribution in [1.29, 1.82) is 0 Å². The lowest BCUT2D eigenvalue weighted by Crippen LogP contribution is -2.26. The zero-order valence-electron chi connectivity index (χ0n) is 12.0. The van der Waals surface area contributed by atoms with Gasteiger partial charge in [-0.25, -0.2) is 0 Å². The van der Waals surface area contributed by atoms with Crippen molar-refractivity contribution < 1.29 is 4.79 Å². The molecule has 0 saturated heterocycles. The first-order valence-electron chi connectivity index (χ1n) is 6.54. The summed E-state index contributed by atoms with van der Waals surface area (Å²) < 4.78 is 0. The standard InChI is InChI=1S/C16H19N3O/c1-16(2,3)19-14-9-12(10-17-11-14)15(20)18-13-7-5-4-6-8-13/h4-11,19H,1-3H3,(H,18,20). The minimum atomic E-state index is -0.166. The number of rotatable bonds is 3. The molecule has 1 aromatic carbocycles. The topological polar surface area (TPSA) is 54.0 Å². The summed E-state index contributed by atoms with van der Waals surface area (Å²) in [5.74, 6) is -0.166. The van der Waals surface area contributed by atoms with Gasteiger partial charge in [0.15, 0.2) is 0 Å². The largest absolute Gasteiger partial charge is 0.379 e. The second-order valence-electron chi connectivity index (χ2n) is 5.66. The van der Waals surface area contributed by atoms with Crippen LogP contribution in [0, 0.1) is 0 Å². The molecule has 104 valence electrons. The van der Waals surface area contributed by atoms with E-state index in [9.17, 15) is 4.79 Å². The zero-order valence-corrected chi connectivity index (χ0v) is 12.0. The molecule has 2 aromatic rings. The fourth-order valence-electron chi connectivity index (χ4n) is 1.79. The third-order valence-corrected chi connectivity index (χ3v) is 2.55. The Morgan fingerprint density at radius 3 is 2.40 bits per heavy atom. The van der Waals surface area contributed by atoms with Gasteiger partial charge in [-0.05, 0) is 39.0 Å². The van der Waals surface area contributed by atoms with Gasteiger partial charge in [-0.1, -0.05) is 18.2 Å². The van der Waals surface area contributed by atoms with Crippen molar-refractivity contribution in [3.63, 3.8) is 0 Å². The van der Waals surface area contributed by atoms with Crippen LogP contribution in [0.1, 0.15) is 31.1 Å². The highest BCUT2D eigenvalue weighted by Gasteiger charge is 2.12. The molecule has 2 N–H and O–H groups in total. The highest BCUT2D eigenvalue weighted by molar-refractivity contribution is 6.04. The van der Waals surface area contributed by atoms with Gasteiger partial charge in [0.25, 0.3) is 5.91 Å². The molecule has 20 heavy (non-hydrogen) atoms. The SMILES string of the molecule is CC(C)(C)Nc1cncc(C(=O)Nc2ccccc2)c1. The average molecular weight is 269 g/mol. The van der Waals surface area contributed by atoms with E-state index in [1.54, 1.807) is 18.5 Å². The summed E-state index contributed by atoms with van der Waals surface area (Å²) >= 11 is 0.